The van der Waals surface area contributed by atoms with E-state index in [1.165, 1.54) is 12.3 Å². The Bertz CT molecular complexity index is 509. The second-order valence-corrected chi connectivity index (χ2v) is 8.09. The molecule has 0 aliphatic rings. The van der Waals surface area contributed by atoms with Crippen LogP contribution in [0.3, 0.4) is 0 Å². The third kappa shape index (κ3) is 6.20. The van der Waals surface area contributed by atoms with Crippen LogP contribution in [-0.2, 0) is 11.4 Å². The van der Waals surface area contributed by atoms with Crippen molar-refractivity contribution >= 4 is 23.0 Å². The number of nitrogens with zero attached hydrogens (tertiary/aromatic N) is 1. The number of hydrogen-bond acceptors (Lipinski definition) is 4. The summed E-state index contributed by atoms with van der Waals surface area (Å²) in [4.78, 5) is 3.78. The first-order chi connectivity index (χ1) is 9.90. The zero-order chi connectivity index (χ0) is 17.1. The summed E-state index contributed by atoms with van der Waals surface area (Å²) in [6.07, 6.45) is -3.11. The van der Waals surface area contributed by atoms with Gasteiger partial charge in [-0.05, 0) is 39.3 Å². The van der Waals surface area contributed by atoms with Crippen LogP contribution in [0.2, 0.25) is 5.02 Å². The number of alkyl halides is 3. The van der Waals surface area contributed by atoms with Crippen LogP contribution in [0.5, 0.6) is 5.88 Å². The fraction of sp³-hybridized carbons (Fsp3) is 0.615. The van der Waals surface area contributed by atoms with Crippen LogP contribution >= 0.6 is 11.6 Å². The molecule has 0 saturated heterocycles. The number of pyridine rings is 1. The zero-order valence-corrected chi connectivity index (χ0v) is 14.2. The number of nitrogens with one attached hydrogen (secondary N) is 1. The SMILES string of the molecule is C[C@@H](N[S+]([O-])C(C)(C)C)c1cnc(OCC(F)(F)F)c(Cl)c1. The van der Waals surface area contributed by atoms with E-state index in [0.717, 1.165) is 0 Å². The van der Waals surface area contributed by atoms with Crippen molar-refractivity contribution in [3.05, 3.63) is 22.8 Å². The van der Waals surface area contributed by atoms with Crippen molar-refractivity contribution < 1.29 is 22.5 Å². The van der Waals surface area contributed by atoms with Crippen molar-refractivity contribution in [3.63, 3.8) is 0 Å². The van der Waals surface area contributed by atoms with E-state index < -0.39 is 28.9 Å². The first-order valence-corrected chi connectivity index (χ1v) is 7.96. The molecule has 0 aliphatic carbocycles. The Morgan fingerprint density at radius 1 is 1.41 bits per heavy atom. The van der Waals surface area contributed by atoms with Crippen molar-refractivity contribution in [2.24, 2.45) is 0 Å². The Balaban J connectivity index is 2.76. The Morgan fingerprint density at radius 3 is 2.45 bits per heavy atom. The third-order valence-corrected chi connectivity index (χ3v) is 4.49. The molecule has 1 heterocycles. The summed E-state index contributed by atoms with van der Waals surface area (Å²) in [5.74, 6) is -0.285. The first-order valence-electron chi connectivity index (χ1n) is 6.43. The molecule has 0 aromatic carbocycles. The lowest BCUT2D eigenvalue weighted by molar-refractivity contribution is -0.154. The van der Waals surface area contributed by atoms with E-state index in [0.29, 0.717) is 5.56 Å². The Kier molecular flexibility index (Phi) is 6.37. The second-order valence-electron chi connectivity index (χ2n) is 5.68. The minimum atomic E-state index is -4.46. The first kappa shape index (κ1) is 19.3. The normalized spacial score (nSPS) is 15.5. The third-order valence-electron chi connectivity index (χ3n) is 2.54. The number of halogens is 4. The highest BCUT2D eigenvalue weighted by Crippen LogP contribution is 2.28. The van der Waals surface area contributed by atoms with E-state index in [9.17, 15) is 17.7 Å². The molecule has 1 rings (SSSR count). The summed E-state index contributed by atoms with van der Waals surface area (Å²) in [5.41, 5.74) is 0.599. The topological polar surface area (TPSA) is 57.2 Å². The largest absolute Gasteiger partial charge is 0.598 e. The van der Waals surface area contributed by atoms with Gasteiger partial charge in [0.2, 0.25) is 5.88 Å². The van der Waals surface area contributed by atoms with Gasteiger partial charge in [-0.25, -0.2) is 4.98 Å². The minimum absolute atomic E-state index is 0.0306. The van der Waals surface area contributed by atoms with Gasteiger partial charge in [0.15, 0.2) is 6.61 Å². The van der Waals surface area contributed by atoms with Gasteiger partial charge in [0, 0.05) is 17.6 Å². The van der Waals surface area contributed by atoms with Crippen LogP contribution in [0.1, 0.15) is 39.3 Å². The Morgan fingerprint density at radius 2 is 2.00 bits per heavy atom. The zero-order valence-electron chi connectivity index (χ0n) is 12.6. The standard InChI is InChI=1S/C13H18ClF3N2O2S/c1-8(19-22(20)12(2,3)4)9-5-10(14)11(18-6-9)21-7-13(15,16)17/h5-6,8,19H,7H2,1-4H3/t8-,22?/m1/s1. The van der Waals surface area contributed by atoms with Gasteiger partial charge in [0.25, 0.3) is 0 Å². The monoisotopic (exact) mass is 358 g/mol. The summed E-state index contributed by atoms with van der Waals surface area (Å²) in [5, 5.41) is -0.0306. The van der Waals surface area contributed by atoms with E-state index in [4.69, 9.17) is 11.6 Å². The molecule has 0 spiro atoms. The molecule has 1 aromatic rings. The van der Waals surface area contributed by atoms with Gasteiger partial charge in [-0.15, -0.1) is 4.72 Å². The van der Waals surface area contributed by atoms with E-state index >= 15 is 0 Å². The van der Waals surface area contributed by atoms with Crippen LogP contribution in [0.4, 0.5) is 13.2 Å². The number of rotatable bonds is 5. The maximum Gasteiger partial charge on any atom is 0.422 e. The predicted octanol–water partition coefficient (Wildman–Crippen LogP) is 3.79. The molecule has 0 amide bonds. The molecule has 1 unspecified atom stereocenters. The molecule has 0 aliphatic heterocycles. The van der Waals surface area contributed by atoms with Gasteiger partial charge < -0.3 is 9.29 Å². The number of ether oxygens (including phenoxy) is 1. The van der Waals surface area contributed by atoms with E-state index in [2.05, 4.69) is 14.4 Å². The van der Waals surface area contributed by atoms with Crippen LogP contribution in [0, 0.1) is 0 Å². The van der Waals surface area contributed by atoms with E-state index in [1.807, 2.05) is 20.8 Å². The molecule has 0 bridgehead atoms. The lowest BCUT2D eigenvalue weighted by Gasteiger charge is -2.26. The summed E-state index contributed by atoms with van der Waals surface area (Å²) < 4.78 is 55.3. The van der Waals surface area contributed by atoms with E-state index in [1.54, 1.807) is 6.92 Å². The summed E-state index contributed by atoms with van der Waals surface area (Å²) >= 11 is 4.57. The molecular formula is C13H18ClF3N2O2S. The van der Waals surface area contributed by atoms with Gasteiger partial charge in [-0.3, -0.25) is 0 Å². The molecule has 22 heavy (non-hydrogen) atoms. The summed E-state index contributed by atoms with van der Waals surface area (Å²) in [6.45, 7) is 5.76. The van der Waals surface area contributed by atoms with Gasteiger partial charge in [-0.1, -0.05) is 11.6 Å². The average Bonchev–Trinajstić information content (AvgIpc) is 2.34. The molecule has 4 nitrogen and oxygen atoms in total. The minimum Gasteiger partial charge on any atom is -0.598 e. The molecule has 9 heteroatoms. The Labute approximate surface area is 135 Å². The maximum atomic E-state index is 12.1. The molecule has 2 atom stereocenters. The van der Waals surface area contributed by atoms with Crippen LogP contribution in [-0.4, -0.2) is 27.1 Å². The molecule has 0 radical (unpaired) electrons. The van der Waals surface area contributed by atoms with Crippen LogP contribution in [0.15, 0.2) is 12.3 Å². The van der Waals surface area contributed by atoms with Crippen molar-refractivity contribution in [3.8, 4) is 5.88 Å². The molecular weight excluding hydrogens is 341 g/mol. The number of hydrogen-bond donors (Lipinski definition) is 1. The highest BCUT2D eigenvalue weighted by Gasteiger charge is 2.30. The predicted molar refractivity (Wildman–Crippen MR) is 80.2 cm³/mol. The van der Waals surface area contributed by atoms with Crippen molar-refractivity contribution in [1.82, 2.24) is 9.71 Å². The molecule has 1 N–H and O–H groups in total. The molecule has 126 valence electrons. The smallest absolute Gasteiger partial charge is 0.422 e. The van der Waals surface area contributed by atoms with Crippen molar-refractivity contribution in [1.29, 1.82) is 0 Å². The summed E-state index contributed by atoms with van der Waals surface area (Å²) in [6, 6.07) is 1.11. The van der Waals surface area contributed by atoms with Crippen LogP contribution in [0.25, 0.3) is 0 Å². The number of aromatic nitrogens is 1. The van der Waals surface area contributed by atoms with Crippen LogP contribution < -0.4 is 9.46 Å². The quantitative estimate of drug-likeness (QED) is 0.814. The maximum absolute atomic E-state index is 12.1. The highest BCUT2D eigenvalue weighted by molar-refractivity contribution is 7.90. The fourth-order valence-electron chi connectivity index (χ4n) is 1.34. The van der Waals surface area contributed by atoms with Gasteiger partial charge >= 0.3 is 6.18 Å². The Hall–Kier alpha value is -0.700. The fourth-order valence-corrected chi connectivity index (χ4v) is 2.38. The van der Waals surface area contributed by atoms with Crippen molar-refractivity contribution in [2.75, 3.05) is 6.61 Å². The van der Waals surface area contributed by atoms with Gasteiger partial charge in [0.05, 0.1) is 6.04 Å². The average molecular weight is 359 g/mol. The lowest BCUT2D eigenvalue weighted by atomic mass is 10.2. The highest BCUT2D eigenvalue weighted by atomic mass is 35.5. The van der Waals surface area contributed by atoms with Gasteiger partial charge in [0.1, 0.15) is 9.77 Å². The van der Waals surface area contributed by atoms with Crippen molar-refractivity contribution in [2.45, 2.75) is 44.7 Å². The summed E-state index contributed by atoms with van der Waals surface area (Å²) in [7, 11) is 0. The molecule has 0 saturated carbocycles. The molecule has 0 fully saturated rings. The second kappa shape index (κ2) is 7.25. The van der Waals surface area contributed by atoms with Gasteiger partial charge in [-0.2, -0.15) is 13.2 Å². The van der Waals surface area contributed by atoms with E-state index in [-0.39, 0.29) is 16.9 Å². The molecule has 1 aromatic heterocycles. The lowest BCUT2D eigenvalue weighted by Crippen LogP contribution is -2.40.